The summed E-state index contributed by atoms with van der Waals surface area (Å²) < 4.78 is 0.968. The van der Waals surface area contributed by atoms with Crippen LogP contribution >= 0.6 is 0 Å². The van der Waals surface area contributed by atoms with Crippen LogP contribution in [0, 0.1) is 0 Å². The number of ketones is 1. The van der Waals surface area contributed by atoms with E-state index in [0.29, 0.717) is 12.1 Å². The highest BCUT2D eigenvalue weighted by molar-refractivity contribution is 5.95. The third-order valence-electron chi connectivity index (χ3n) is 1.94. The quantitative estimate of drug-likeness (QED) is 0.373. The van der Waals surface area contributed by atoms with Gasteiger partial charge >= 0.3 is 0 Å². The zero-order valence-corrected chi connectivity index (χ0v) is 9.89. The summed E-state index contributed by atoms with van der Waals surface area (Å²) in [6.45, 7) is 7.79. The lowest BCUT2D eigenvalue weighted by Gasteiger charge is -2.23. The van der Waals surface area contributed by atoms with E-state index in [-0.39, 0.29) is 5.78 Å². The molecule has 82 valence electrons. The van der Waals surface area contributed by atoms with Crippen LogP contribution in [0.4, 0.5) is 0 Å². The molecule has 0 aromatic carbocycles. The van der Waals surface area contributed by atoms with Crippen LogP contribution in [0.1, 0.15) is 13.3 Å². The number of hydrogen-bond donors (Lipinski definition) is 1. The van der Waals surface area contributed by atoms with Gasteiger partial charge in [-0.25, -0.2) is 0 Å². The summed E-state index contributed by atoms with van der Waals surface area (Å²) >= 11 is 0. The molecule has 0 radical (unpaired) electrons. The van der Waals surface area contributed by atoms with Crippen molar-refractivity contribution in [2.45, 2.75) is 13.3 Å². The molecule has 14 heavy (non-hydrogen) atoms. The van der Waals surface area contributed by atoms with Crippen molar-refractivity contribution in [3.8, 4) is 0 Å². The van der Waals surface area contributed by atoms with Gasteiger partial charge in [0.1, 0.15) is 0 Å². The van der Waals surface area contributed by atoms with Crippen LogP contribution in [0.5, 0.6) is 0 Å². The zero-order valence-electron chi connectivity index (χ0n) is 9.89. The van der Waals surface area contributed by atoms with Crippen molar-refractivity contribution < 1.29 is 9.28 Å². The van der Waals surface area contributed by atoms with Gasteiger partial charge in [-0.15, -0.1) is 0 Å². The van der Waals surface area contributed by atoms with Crippen molar-refractivity contribution in [2.24, 2.45) is 0 Å². The van der Waals surface area contributed by atoms with E-state index in [0.717, 1.165) is 24.0 Å². The number of quaternary nitrogens is 1. The Balaban J connectivity index is 3.39. The van der Waals surface area contributed by atoms with E-state index in [1.54, 1.807) is 6.92 Å². The number of carbonyl (C=O) groups is 1. The maximum absolute atomic E-state index is 11.1. The van der Waals surface area contributed by atoms with Crippen molar-refractivity contribution >= 4 is 5.78 Å². The third kappa shape index (κ3) is 7.95. The maximum Gasteiger partial charge on any atom is 0.171 e. The lowest BCUT2D eigenvalue weighted by atomic mass is 10.2. The molecule has 0 spiro atoms. The maximum atomic E-state index is 11.1. The molecule has 3 heteroatoms. The van der Waals surface area contributed by atoms with E-state index >= 15 is 0 Å². The zero-order chi connectivity index (χ0) is 11.2. The number of nitrogens with one attached hydrogen (secondary N) is 1. The first kappa shape index (κ1) is 13.3. The summed E-state index contributed by atoms with van der Waals surface area (Å²) in [5, 5.41) is 3.12. The van der Waals surface area contributed by atoms with Crippen molar-refractivity contribution in [1.29, 1.82) is 0 Å². The fraction of sp³-hybridized carbons (Fsp3) is 0.727. The van der Waals surface area contributed by atoms with Crippen LogP contribution in [0.3, 0.4) is 0 Å². The molecule has 0 aliphatic rings. The van der Waals surface area contributed by atoms with Gasteiger partial charge in [-0.05, 0) is 12.5 Å². The van der Waals surface area contributed by atoms with Crippen molar-refractivity contribution in [3.63, 3.8) is 0 Å². The average molecular weight is 199 g/mol. The van der Waals surface area contributed by atoms with Gasteiger partial charge < -0.3 is 9.80 Å². The molecule has 0 aromatic rings. The highest BCUT2D eigenvalue weighted by atomic mass is 16.1. The summed E-state index contributed by atoms with van der Waals surface area (Å²) in [5.41, 5.74) is 0.629. The van der Waals surface area contributed by atoms with Crippen molar-refractivity contribution in [3.05, 3.63) is 12.2 Å². The Morgan fingerprint density at radius 1 is 1.36 bits per heavy atom. The minimum absolute atomic E-state index is 0.107. The van der Waals surface area contributed by atoms with E-state index < -0.39 is 0 Å². The number of Topliss-reactive ketones (excluding diaryl/α,β-unsaturated/α-hetero) is 1. The van der Waals surface area contributed by atoms with Gasteiger partial charge in [-0.3, -0.25) is 4.79 Å². The van der Waals surface area contributed by atoms with Gasteiger partial charge in [-0.2, -0.15) is 0 Å². The number of nitrogens with zero attached hydrogens (tertiary/aromatic N) is 1. The summed E-state index contributed by atoms with van der Waals surface area (Å²) in [6, 6.07) is 0. The van der Waals surface area contributed by atoms with Crippen LogP contribution in [0.15, 0.2) is 12.2 Å². The average Bonchev–Trinajstić information content (AvgIpc) is 2.01. The minimum atomic E-state index is 0.107. The Bertz CT molecular complexity index is 204. The smallest absolute Gasteiger partial charge is 0.171 e. The largest absolute Gasteiger partial charge is 0.331 e. The van der Waals surface area contributed by atoms with E-state index in [9.17, 15) is 4.79 Å². The highest BCUT2D eigenvalue weighted by Gasteiger charge is 2.06. The Labute approximate surface area is 87.4 Å². The standard InChI is InChI=1S/C11H23N2O/c1-10(2)11(14)9-12-7-6-8-13(3,4)5/h12H,1,6-9H2,2-5H3/q+1. The summed E-state index contributed by atoms with van der Waals surface area (Å²) in [4.78, 5) is 11.1. The molecule has 0 saturated heterocycles. The Morgan fingerprint density at radius 3 is 2.36 bits per heavy atom. The van der Waals surface area contributed by atoms with E-state index in [1.165, 1.54) is 0 Å². The van der Waals surface area contributed by atoms with E-state index in [4.69, 9.17) is 0 Å². The molecule has 0 aromatic heterocycles. The molecule has 0 fully saturated rings. The van der Waals surface area contributed by atoms with Crippen LogP contribution in [0.25, 0.3) is 0 Å². The molecule has 0 atom stereocenters. The molecule has 0 heterocycles. The first-order valence-corrected chi connectivity index (χ1v) is 5.03. The van der Waals surface area contributed by atoms with Crippen LogP contribution in [-0.2, 0) is 4.79 Å². The Hall–Kier alpha value is -0.670. The number of carbonyl (C=O) groups excluding carboxylic acids is 1. The first-order valence-electron chi connectivity index (χ1n) is 5.03. The molecule has 0 aliphatic heterocycles. The molecule has 0 bridgehead atoms. The topological polar surface area (TPSA) is 29.1 Å². The molecule has 0 saturated carbocycles. The monoisotopic (exact) mass is 199 g/mol. The van der Waals surface area contributed by atoms with Gasteiger partial charge in [0.05, 0.1) is 34.2 Å². The Morgan fingerprint density at radius 2 is 1.93 bits per heavy atom. The summed E-state index contributed by atoms with van der Waals surface area (Å²) in [5.74, 6) is 0.107. The normalized spacial score (nSPS) is 11.4. The van der Waals surface area contributed by atoms with Gasteiger partial charge in [-0.1, -0.05) is 6.58 Å². The predicted molar refractivity (Wildman–Crippen MR) is 60.2 cm³/mol. The lowest BCUT2D eigenvalue weighted by molar-refractivity contribution is -0.870. The lowest BCUT2D eigenvalue weighted by Crippen LogP contribution is -2.37. The number of rotatable bonds is 7. The predicted octanol–water partition coefficient (Wildman–Crippen LogP) is 0.817. The van der Waals surface area contributed by atoms with E-state index in [1.807, 2.05) is 0 Å². The highest BCUT2D eigenvalue weighted by Crippen LogP contribution is 1.92. The third-order valence-corrected chi connectivity index (χ3v) is 1.94. The fourth-order valence-corrected chi connectivity index (χ4v) is 1.03. The van der Waals surface area contributed by atoms with Gasteiger partial charge in [0.25, 0.3) is 0 Å². The number of hydrogen-bond acceptors (Lipinski definition) is 2. The van der Waals surface area contributed by atoms with Crippen molar-refractivity contribution in [1.82, 2.24) is 5.32 Å². The molecule has 0 amide bonds. The molecule has 0 unspecified atom stereocenters. The summed E-state index contributed by atoms with van der Waals surface area (Å²) in [7, 11) is 6.50. The second-order valence-electron chi connectivity index (χ2n) is 4.75. The summed E-state index contributed by atoms with van der Waals surface area (Å²) in [6.07, 6.45) is 1.09. The van der Waals surface area contributed by atoms with Crippen LogP contribution < -0.4 is 5.32 Å². The molecule has 1 N–H and O–H groups in total. The molecular formula is C11H23N2O+. The second-order valence-corrected chi connectivity index (χ2v) is 4.75. The van der Waals surface area contributed by atoms with Gasteiger partial charge in [0.2, 0.25) is 0 Å². The van der Waals surface area contributed by atoms with E-state index in [2.05, 4.69) is 33.0 Å². The molecule has 0 rings (SSSR count). The molecule has 0 aliphatic carbocycles. The van der Waals surface area contributed by atoms with Gasteiger partial charge in [0, 0.05) is 13.0 Å². The SMILES string of the molecule is C=C(C)C(=O)CNCCC[N+](C)(C)C. The van der Waals surface area contributed by atoms with Gasteiger partial charge in [0.15, 0.2) is 5.78 Å². The molecule has 3 nitrogen and oxygen atoms in total. The fourth-order valence-electron chi connectivity index (χ4n) is 1.03. The minimum Gasteiger partial charge on any atom is -0.331 e. The Kier molecular flexibility index (Phi) is 5.65. The van der Waals surface area contributed by atoms with Crippen LogP contribution in [0.2, 0.25) is 0 Å². The first-order chi connectivity index (χ1) is 6.33. The molecular weight excluding hydrogens is 176 g/mol. The van der Waals surface area contributed by atoms with Crippen molar-refractivity contribution in [2.75, 3.05) is 40.8 Å². The van der Waals surface area contributed by atoms with Crippen LogP contribution in [-0.4, -0.2) is 51.0 Å². The second kappa shape index (κ2) is 5.94.